The Labute approximate surface area is 159 Å². The van der Waals surface area contributed by atoms with E-state index in [-0.39, 0.29) is 5.75 Å². The Balaban J connectivity index is 1.65. The van der Waals surface area contributed by atoms with Crippen LogP contribution in [0.1, 0.15) is 5.56 Å². The van der Waals surface area contributed by atoms with E-state index in [0.717, 1.165) is 11.1 Å². The van der Waals surface area contributed by atoms with Gasteiger partial charge < -0.3 is 4.74 Å². The Bertz CT molecular complexity index is 1000. The average Bonchev–Trinajstić information content (AvgIpc) is 2.67. The van der Waals surface area contributed by atoms with Crippen molar-refractivity contribution in [1.29, 1.82) is 0 Å². The van der Waals surface area contributed by atoms with Crippen LogP contribution in [0.3, 0.4) is 0 Å². The fourth-order valence-electron chi connectivity index (χ4n) is 2.34. The number of pyridine rings is 1. The third-order valence-electron chi connectivity index (χ3n) is 3.57. The van der Waals surface area contributed by atoms with Gasteiger partial charge in [-0.2, -0.15) is 0 Å². The number of nitrogens with one attached hydrogen (secondary N) is 1. The van der Waals surface area contributed by atoms with E-state index in [9.17, 15) is 18.0 Å². The standard InChI is InChI=1S/C21H13F3N2O2/c22-21(23,24)28-19-11-9-18(10-12-19)17-7-4-16(5-8-17)6-13-20(27)25-26-14-2-1-3-15-26/h1-5,7-12,14-15H/p+1. The maximum absolute atomic E-state index is 12.2. The molecule has 0 unspecified atom stereocenters. The molecule has 0 aliphatic carbocycles. The highest BCUT2D eigenvalue weighted by Crippen LogP contribution is 2.26. The van der Waals surface area contributed by atoms with E-state index in [1.165, 1.54) is 28.9 Å². The summed E-state index contributed by atoms with van der Waals surface area (Å²) in [5, 5.41) is 0. The Morgan fingerprint density at radius 2 is 1.46 bits per heavy atom. The minimum atomic E-state index is -4.72. The van der Waals surface area contributed by atoms with Crippen molar-refractivity contribution in [3.05, 3.63) is 84.7 Å². The second-order valence-corrected chi connectivity index (χ2v) is 5.62. The fraction of sp³-hybridized carbons (Fsp3) is 0.0476. The third kappa shape index (κ3) is 5.61. The SMILES string of the molecule is O=C(C#Cc1ccc(-c2ccc(OC(F)(F)F)cc2)cc1)N[n+]1ccccc1. The number of carbonyl (C=O) groups excluding carboxylic acids is 1. The molecule has 1 N–H and O–H groups in total. The zero-order valence-corrected chi connectivity index (χ0v) is 14.4. The number of carbonyl (C=O) groups is 1. The lowest BCUT2D eigenvalue weighted by atomic mass is 10.0. The summed E-state index contributed by atoms with van der Waals surface area (Å²) < 4.78 is 41.9. The van der Waals surface area contributed by atoms with E-state index in [0.29, 0.717) is 5.56 Å². The van der Waals surface area contributed by atoms with Crippen molar-refractivity contribution in [3.8, 4) is 28.7 Å². The first-order valence-electron chi connectivity index (χ1n) is 8.15. The van der Waals surface area contributed by atoms with E-state index in [2.05, 4.69) is 22.0 Å². The summed E-state index contributed by atoms with van der Waals surface area (Å²) >= 11 is 0. The van der Waals surface area contributed by atoms with Gasteiger partial charge in [-0.25, -0.2) is 0 Å². The topological polar surface area (TPSA) is 42.2 Å². The van der Waals surface area contributed by atoms with Gasteiger partial charge in [0.25, 0.3) is 0 Å². The van der Waals surface area contributed by atoms with Crippen molar-refractivity contribution in [2.24, 2.45) is 0 Å². The van der Waals surface area contributed by atoms with Crippen LogP contribution in [0.2, 0.25) is 0 Å². The molecule has 7 heteroatoms. The number of alkyl halides is 3. The molecule has 0 saturated carbocycles. The van der Waals surface area contributed by atoms with Crippen LogP contribution < -0.4 is 14.8 Å². The second-order valence-electron chi connectivity index (χ2n) is 5.62. The lowest BCUT2D eigenvalue weighted by Crippen LogP contribution is -2.47. The molecule has 1 heterocycles. The summed E-state index contributed by atoms with van der Waals surface area (Å²) in [7, 11) is 0. The number of aromatic nitrogens is 1. The van der Waals surface area contributed by atoms with E-state index >= 15 is 0 Å². The molecule has 28 heavy (non-hydrogen) atoms. The van der Waals surface area contributed by atoms with Crippen molar-refractivity contribution >= 4 is 5.91 Å². The number of hydrogen-bond donors (Lipinski definition) is 1. The Hall–Kier alpha value is -3.79. The Kier molecular flexibility index (Phi) is 5.61. The van der Waals surface area contributed by atoms with Gasteiger partial charge in [0.1, 0.15) is 5.75 Å². The van der Waals surface area contributed by atoms with Crippen LogP contribution in [0, 0.1) is 11.8 Å². The number of halogens is 3. The van der Waals surface area contributed by atoms with Crippen LogP contribution in [-0.4, -0.2) is 12.3 Å². The summed E-state index contributed by atoms with van der Waals surface area (Å²) in [6, 6.07) is 17.9. The fourth-order valence-corrected chi connectivity index (χ4v) is 2.34. The molecule has 1 amide bonds. The van der Waals surface area contributed by atoms with Gasteiger partial charge >= 0.3 is 12.3 Å². The van der Waals surface area contributed by atoms with Gasteiger partial charge in [-0.05, 0) is 35.4 Å². The molecule has 2 aromatic carbocycles. The molecule has 1 aromatic heterocycles. The van der Waals surface area contributed by atoms with E-state index in [4.69, 9.17) is 0 Å². The third-order valence-corrected chi connectivity index (χ3v) is 3.57. The van der Waals surface area contributed by atoms with Crippen LogP contribution >= 0.6 is 0 Å². The van der Waals surface area contributed by atoms with Crippen molar-refractivity contribution in [1.82, 2.24) is 0 Å². The van der Waals surface area contributed by atoms with Gasteiger partial charge in [-0.3, -0.25) is 4.79 Å². The lowest BCUT2D eigenvalue weighted by molar-refractivity contribution is -0.641. The van der Waals surface area contributed by atoms with Gasteiger partial charge in [0, 0.05) is 23.6 Å². The summed E-state index contributed by atoms with van der Waals surface area (Å²) in [5.41, 5.74) is 4.74. The van der Waals surface area contributed by atoms with Gasteiger partial charge in [0.05, 0.1) is 0 Å². The summed E-state index contributed by atoms with van der Waals surface area (Å²) in [4.78, 5) is 11.8. The quantitative estimate of drug-likeness (QED) is 0.554. The smallest absolute Gasteiger partial charge is 0.406 e. The Morgan fingerprint density at radius 1 is 0.893 bits per heavy atom. The number of rotatable bonds is 3. The monoisotopic (exact) mass is 383 g/mol. The first-order chi connectivity index (χ1) is 13.4. The summed E-state index contributed by atoms with van der Waals surface area (Å²) in [6.45, 7) is 0. The second kappa shape index (κ2) is 8.27. The maximum Gasteiger partial charge on any atom is 0.573 e. The molecule has 3 aromatic rings. The van der Waals surface area contributed by atoms with Gasteiger partial charge in [-0.1, -0.05) is 40.9 Å². The van der Waals surface area contributed by atoms with Crippen molar-refractivity contribution in [3.63, 3.8) is 0 Å². The number of ether oxygens (including phenoxy) is 1. The van der Waals surface area contributed by atoms with Gasteiger partial charge in [0.2, 0.25) is 0 Å². The van der Waals surface area contributed by atoms with Crippen LogP contribution in [0.15, 0.2) is 79.1 Å². The van der Waals surface area contributed by atoms with Gasteiger partial charge in [-0.15, -0.1) is 18.6 Å². The summed E-state index contributed by atoms with van der Waals surface area (Å²) in [6.07, 6.45) is -1.36. The largest absolute Gasteiger partial charge is 0.573 e. The molecule has 0 spiro atoms. The normalized spacial score (nSPS) is 10.5. The van der Waals surface area contributed by atoms with Gasteiger partial charge in [0.15, 0.2) is 12.4 Å². The molecule has 0 atom stereocenters. The maximum atomic E-state index is 12.2. The molecular weight excluding hydrogens is 369 g/mol. The zero-order valence-electron chi connectivity index (χ0n) is 14.4. The minimum absolute atomic E-state index is 0.277. The molecule has 0 radical (unpaired) electrons. The lowest BCUT2D eigenvalue weighted by Gasteiger charge is -2.09. The number of amides is 1. The number of benzene rings is 2. The van der Waals surface area contributed by atoms with E-state index < -0.39 is 12.3 Å². The molecule has 0 fully saturated rings. The average molecular weight is 383 g/mol. The van der Waals surface area contributed by atoms with Crippen LogP contribution in [-0.2, 0) is 4.79 Å². The number of hydrogen-bond acceptors (Lipinski definition) is 2. The molecule has 0 aliphatic heterocycles. The molecule has 140 valence electrons. The first-order valence-corrected chi connectivity index (χ1v) is 8.15. The van der Waals surface area contributed by atoms with Crippen molar-refractivity contribution in [2.45, 2.75) is 6.36 Å². The van der Waals surface area contributed by atoms with E-state index in [1.807, 2.05) is 6.07 Å². The molecule has 4 nitrogen and oxygen atoms in total. The zero-order chi connectivity index (χ0) is 20.0. The molecule has 0 saturated heterocycles. The van der Waals surface area contributed by atoms with Crippen molar-refractivity contribution < 1.29 is 27.4 Å². The predicted molar refractivity (Wildman–Crippen MR) is 96.4 cm³/mol. The highest BCUT2D eigenvalue weighted by molar-refractivity contribution is 5.98. The molecule has 0 bridgehead atoms. The van der Waals surface area contributed by atoms with E-state index in [1.54, 1.807) is 48.8 Å². The van der Waals surface area contributed by atoms with Crippen LogP contribution in [0.5, 0.6) is 5.75 Å². The molecular formula is C21H14F3N2O2+. The van der Waals surface area contributed by atoms with Crippen LogP contribution in [0.4, 0.5) is 13.2 Å². The number of nitrogens with zero attached hydrogens (tertiary/aromatic N) is 1. The summed E-state index contributed by atoms with van der Waals surface area (Å²) in [5.74, 6) is 4.52. The minimum Gasteiger partial charge on any atom is -0.406 e. The Morgan fingerprint density at radius 3 is 2.04 bits per heavy atom. The molecule has 3 rings (SSSR count). The van der Waals surface area contributed by atoms with Crippen molar-refractivity contribution in [2.75, 3.05) is 5.43 Å². The van der Waals surface area contributed by atoms with Crippen LogP contribution in [0.25, 0.3) is 11.1 Å². The highest BCUT2D eigenvalue weighted by Gasteiger charge is 2.30. The first kappa shape index (κ1) is 19.0. The highest BCUT2D eigenvalue weighted by atomic mass is 19.4. The predicted octanol–water partition coefficient (Wildman–Crippen LogP) is 3.66. The molecule has 0 aliphatic rings.